The molecular weight excluding hydrogens is 280 g/mol. The topological polar surface area (TPSA) is 104 Å². The number of nitrogen functional groups attached to an aromatic ring is 1. The molecule has 0 amide bonds. The van der Waals surface area contributed by atoms with Gasteiger partial charge in [0, 0.05) is 11.6 Å². The molecule has 1 heterocycles. The first kappa shape index (κ1) is 14.1. The molecule has 0 aliphatic carbocycles. The van der Waals surface area contributed by atoms with Gasteiger partial charge in [-0.1, -0.05) is 23.9 Å². The second kappa shape index (κ2) is 5.74. The van der Waals surface area contributed by atoms with Crippen LogP contribution in [-0.2, 0) is 0 Å². The van der Waals surface area contributed by atoms with Crippen molar-refractivity contribution in [2.75, 3.05) is 12.0 Å². The third-order valence-electron chi connectivity index (χ3n) is 2.48. The van der Waals surface area contributed by atoms with Gasteiger partial charge in [0.2, 0.25) is 11.6 Å². The van der Waals surface area contributed by atoms with E-state index in [1.807, 2.05) is 0 Å². The Morgan fingerprint density at radius 1 is 1.40 bits per heavy atom. The molecule has 2 N–H and O–H groups in total. The molecule has 7 nitrogen and oxygen atoms in total. The summed E-state index contributed by atoms with van der Waals surface area (Å²) in [4.78, 5) is 18.7. The van der Waals surface area contributed by atoms with Crippen molar-refractivity contribution in [2.24, 2.45) is 0 Å². The van der Waals surface area contributed by atoms with Gasteiger partial charge in [-0.15, -0.1) is 0 Å². The zero-order valence-electron chi connectivity index (χ0n) is 10.9. The number of hydrogen-bond donors (Lipinski definition) is 1. The lowest BCUT2D eigenvalue weighted by Crippen LogP contribution is -2.00. The van der Waals surface area contributed by atoms with Gasteiger partial charge in [0.15, 0.2) is 5.16 Å². The molecule has 1 aromatic heterocycles. The van der Waals surface area contributed by atoms with Crippen LogP contribution in [0, 0.1) is 17.0 Å². The molecule has 0 saturated heterocycles. The quantitative estimate of drug-likeness (QED) is 0.400. The van der Waals surface area contributed by atoms with Gasteiger partial charge in [-0.05, 0) is 19.2 Å². The summed E-state index contributed by atoms with van der Waals surface area (Å²) in [6, 6.07) is 6.26. The maximum Gasteiger partial charge on any atom is 0.314 e. The number of nitro benzene ring substituents is 1. The fraction of sp³-hybridized carbons (Fsp3) is 0.167. The van der Waals surface area contributed by atoms with Crippen molar-refractivity contribution in [3.63, 3.8) is 0 Å². The van der Waals surface area contributed by atoms with Gasteiger partial charge < -0.3 is 10.5 Å². The first-order valence-corrected chi connectivity index (χ1v) is 6.84. The van der Waals surface area contributed by atoms with Gasteiger partial charge in [0.05, 0.1) is 4.92 Å². The van der Waals surface area contributed by atoms with Crippen molar-refractivity contribution in [3.05, 3.63) is 39.9 Å². The van der Waals surface area contributed by atoms with Crippen LogP contribution < -0.4 is 10.5 Å². The molecule has 0 spiro atoms. The Hall–Kier alpha value is -2.35. The number of nitrogens with two attached hydrogens (primary N) is 1. The van der Waals surface area contributed by atoms with E-state index in [4.69, 9.17) is 10.5 Å². The predicted octanol–water partition coefficient (Wildman–Crippen LogP) is 2.79. The van der Waals surface area contributed by atoms with E-state index < -0.39 is 4.92 Å². The first-order chi connectivity index (χ1) is 9.51. The van der Waals surface area contributed by atoms with E-state index in [1.54, 1.807) is 25.3 Å². The Balaban J connectivity index is 2.42. The molecule has 0 radical (unpaired) electrons. The zero-order valence-corrected chi connectivity index (χ0v) is 11.7. The summed E-state index contributed by atoms with van der Waals surface area (Å²) < 4.78 is 5.49. The largest absolute Gasteiger partial charge is 0.432 e. The highest BCUT2D eigenvalue weighted by molar-refractivity contribution is 7.98. The fourth-order valence-corrected chi connectivity index (χ4v) is 2.00. The fourth-order valence-electron chi connectivity index (χ4n) is 1.63. The van der Waals surface area contributed by atoms with Gasteiger partial charge in [-0.2, -0.15) is 4.98 Å². The van der Waals surface area contributed by atoms with Crippen LogP contribution in [-0.4, -0.2) is 21.1 Å². The van der Waals surface area contributed by atoms with E-state index in [0.717, 1.165) is 0 Å². The summed E-state index contributed by atoms with van der Waals surface area (Å²) >= 11 is 1.31. The minimum Gasteiger partial charge on any atom is -0.432 e. The van der Waals surface area contributed by atoms with Crippen molar-refractivity contribution < 1.29 is 9.66 Å². The van der Waals surface area contributed by atoms with E-state index in [0.29, 0.717) is 10.7 Å². The molecule has 0 saturated carbocycles. The molecule has 2 aromatic rings. The van der Waals surface area contributed by atoms with E-state index in [2.05, 4.69) is 9.97 Å². The van der Waals surface area contributed by atoms with Gasteiger partial charge in [0.25, 0.3) is 0 Å². The average Bonchev–Trinajstić information content (AvgIpc) is 2.37. The smallest absolute Gasteiger partial charge is 0.314 e. The SMILES string of the molecule is CSc1nc(N)cc(Oc2cccc(C)c2[N+](=O)[O-])n1. The molecule has 0 bridgehead atoms. The molecule has 0 fully saturated rings. The summed E-state index contributed by atoms with van der Waals surface area (Å²) in [5.74, 6) is 0.547. The molecule has 1 aromatic carbocycles. The molecule has 2 rings (SSSR count). The molecular formula is C12H12N4O3S. The van der Waals surface area contributed by atoms with Crippen LogP contribution >= 0.6 is 11.8 Å². The number of anilines is 1. The molecule has 8 heteroatoms. The number of thioether (sulfide) groups is 1. The molecule has 0 unspecified atom stereocenters. The van der Waals surface area contributed by atoms with Crippen LogP contribution in [0.15, 0.2) is 29.4 Å². The minimum absolute atomic E-state index is 0.0876. The molecule has 0 atom stereocenters. The summed E-state index contributed by atoms with van der Waals surface area (Å²) in [7, 11) is 0. The zero-order chi connectivity index (χ0) is 14.7. The second-order valence-corrected chi connectivity index (χ2v) is 4.67. The van der Waals surface area contributed by atoms with Gasteiger partial charge in [-0.25, -0.2) is 4.98 Å². The predicted molar refractivity (Wildman–Crippen MR) is 76.1 cm³/mol. The standard InChI is InChI=1S/C12H12N4O3S/c1-7-4-3-5-8(11(7)16(17)18)19-10-6-9(13)14-12(15-10)20-2/h3-6H,1-2H3,(H2,13,14,15). The van der Waals surface area contributed by atoms with Crippen molar-refractivity contribution >= 4 is 23.3 Å². The average molecular weight is 292 g/mol. The van der Waals surface area contributed by atoms with Crippen LogP contribution in [0.4, 0.5) is 11.5 Å². The van der Waals surface area contributed by atoms with Crippen molar-refractivity contribution in [1.82, 2.24) is 9.97 Å². The maximum absolute atomic E-state index is 11.1. The molecule has 0 aliphatic rings. The number of aromatic nitrogens is 2. The highest BCUT2D eigenvalue weighted by Crippen LogP contribution is 2.33. The van der Waals surface area contributed by atoms with Crippen molar-refractivity contribution in [2.45, 2.75) is 12.1 Å². The Kier molecular flexibility index (Phi) is 4.04. The summed E-state index contributed by atoms with van der Waals surface area (Å²) in [6.45, 7) is 1.65. The molecule has 104 valence electrons. The van der Waals surface area contributed by atoms with E-state index in [-0.39, 0.29) is 23.1 Å². The lowest BCUT2D eigenvalue weighted by Gasteiger charge is -2.08. The summed E-state index contributed by atoms with van der Waals surface area (Å²) in [5.41, 5.74) is 6.06. The van der Waals surface area contributed by atoms with Crippen LogP contribution in [0.25, 0.3) is 0 Å². The molecule has 0 aliphatic heterocycles. The normalized spacial score (nSPS) is 10.3. The number of nitro groups is 1. The van der Waals surface area contributed by atoms with E-state index in [9.17, 15) is 10.1 Å². The Bertz CT molecular complexity index is 663. The first-order valence-electron chi connectivity index (χ1n) is 5.61. The van der Waals surface area contributed by atoms with Gasteiger partial charge in [0.1, 0.15) is 5.82 Å². The van der Waals surface area contributed by atoms with E-state index >= 15 is 0 Å². The third-order valence-corrected chi connectivity index (χ3v) is 3.03. The number of ether oxygens (including phenoxy) is 1. The Morgan fingerprint density at radius 2 is 2.15 bits per heavy atom. The Morgan fingerprint density at radius 3 is 2.80 bits per heavy atom. The number of nitrogens with zero attached hydrogens (tertiary/aromatic N) is 3. The monoisotopic (exact) mass is 292 g/mol. The number of rotatable bonds is 4. The minimum atomic E-state index is -0.481. The van der Waals surface area contributed by atoms with Gasteiger partial charge >= 0.3 is 5.69 Å². The lowest BCUT2D eigenvalue weighted by molar-refractivity contribution is -0.386. The van der Waals surface area contributed by atoms with Crippen molar-refractivity contribution in [1.29, 1.82) is 0 Å². The van der Waals surface area contributed by atoms with Crippen molar-refractivity contribution in [3.8, 4) is 11.6 Å². The van der Waals surface area contributed by atoms with Gasteiger partial charge in [-0.3, -0.25) is 10.1 Å². The third kappa shape index (κ3) is 2.97. The second-order valence-electron chi connectivity index (χ2n) is 3.90. The van der Waals surface area contributed by atoms with Crippen LogP contribution in [0.3, 0.4) is 0 Å². The highest BCUT2D eigenvalue weighted by atomic mass is 32.2. The number of aryl methyl sites for hydroxylation is 1. The van der Waals surface area contributed by atoms with Crippen LogP contribution in [0.1, 0.15) is 5.56 Å². The molecule has 20 heavy (non-hydrogen) atoms. The number of para-hydroxylation sites is 1. The summed E-state index contributed by atoms with van der Waals surface area (Å²) in [5, 5.41) is 11.5. The van der Waals surface area contributed by atoms with E-state index in [1.165, 1.54) is 23.9 Å². The van der Waals surface area contributed by atoms with Crippen LogP contribution in [0.2, 0.25) is 0 Å². The lowest BCUT2D eigenvalue weighted by atomic mass is 10.2. The van der Waals surface area contributed by atoms with Crippen LogP contribution in [0.5, 0.6) is 11.6 Å². The summed E-state index contributed by atoms with van der Waals surface area (Å²) in [6.07, 6.45) is 1.80. The number of hydrogen-bond acceptors (Lipinski definition) is 7. The highest BCUT2D eigenvalue weighted by Gasteiger charge is 2.19. The number of benzene rings is 1. The Labute approximate surface area is 119 Å². The maximum atomic E-state index is 11.1.